The maximum absolute atomic E-state index is 13.9. The first-order valence-electron chi connectivity index (χ1n) is 5.56. The number of hydrogen-bond acceptors (Lipinski definition) is 1. The molecule has 2 rings (SSSR count). The molecule has 100 valence electrons. The van der Waals surface area contributed by atoms with Gasteiger partial charge in [0, 0.05) is 10.5 Å². The standard InChI is InChI=1S/C14H11F3OS/c15-12-6-8-13(9-7-12)19(18)10-14(16,17)11-4-2-1-3-5-11/h1-9H,10H2. The first-order valence-corrected chi connectivity index (χ1v) is 6.88. The summed E-state index contributed by atoms with van der Waals surface area (Å²) < 4.78 is 52.4. The van der Waals surface area contributed by atoms with Gasteiger partial charge in [-0.1, -0.05) is 30.3 Å². The van der Waals surface area contributed by atoms with Crippen LogP contribution in [0.2, 0.25) is 0 Å². The lowest BCUT2D eigenvalue weighted by Gasteiger charge is -2.16. The summed E-state index contributed by atoms with van der Waals surface area (Å²) in [5.74, 6) is -4.49. The Labute approximate surface area is 111 Å². The molecule has 0 spiro atoms. The Morgan fingerprint density at radius 3 is 2.11 bits per heavy atom. The first kappa shape index (κ1) is 13.8. The summed E-state index contributed by atoms with van der Waals surface area (Å²) in [6.07, 6.45) is 0. The van der Waals surface area contributed by atoms with Crippen LogP contribution in [0, 0.1) is 5.82 Å². The van der Waals surface area contributed by atoms with Crippen molar-refractivity contribution < 1.29 is 17.4 Å². The second-order valence-electron chi connectivity index (χ2n) is 4.01. The topological polar surface area (TPSA) is 17.1 Å². The highest BCUT2D eigenvalue weighted by molar-refractivity contribution is 7.85. The predicted molar refractivity (Wildman–Crippen MR) is 68.0 cm³/mol. The van der Waals surface area contributed by atoms with Gasteiger partial charge >= 0.3 is 0 Å². The normalized spacial score (nSPS) is 13.2. The van der Waals surface area contributed by atoms with E-state index in [0.717, 1.165) is 12.1 Å². The summed E-state index contributed by atoms with van der Waals surface area (Å²) in [7, 11) is -1.88. The summed E-state index contributed by atoms with van der Waals surface area (Å²) >= 11 is 0. The van der Waals surface area contributed by atoms with E-state index in [9.17, 15) is 17.4 Å². The maximum Gasteiger partial charge on any atom is 0.284 e. The molecule has 2 aromatic rings. The van der Waals surface area contributed by atoms with Gasteiger partial charge < -0.3 is 0 Å². The van der Waals surface area contributed by atoms with Crippen molar-refractivity contribution in [1.29, 1.82) is 0 Å². The van der Waals surface area contributed by atoms with E-state index in [4.69, 9.17) is 0 Å². The molecule has 1 unspecified atom stereocenters. The van der Waals surface area contributed by atoms with Crippen LogP contribution in [0.5, 0.6) is 0 Å². The van der Waals surface area contributed by atoms with Crippen molar-refractivity contribution in [3.05, 3.63) is 66.0 Å². The van der Waals surface area contributed by atoms with Crippen molar-refractivity contribution in [2.75, 3.05) is 5.75 Å². The predicted octanol–water partition coefficient (Wildman–Crippen LogP) is 3.73. The van der Waals surface area contributed by atoms with E-state index in [-0.39, 0.29) is 10.5 Å². The third-order valence-corrected chi connectivity index (χ3v) is 4.01. The molecular weight excluding hydrogens is 273 g/mol. The Hall–Kier alpha value is -1.62. The van der Waals surface area contributed by atoms with Crippen molar-refractivity contribution in [2.45, 2.75) is 10.8 Å². The lowest BCUT2D eigenvalue weighted by atomic mass is 10.1. The Balaban J connectivity index is 2.16. The second-order valence-corrected chi connectivity index (χ2v) is 5.47. The van der Waals surface area contributed by atoms with E-state index in [1.807, 2.05) is 0 Å². The number of alkyl halides is 2. The highest BCUT2D eigenvalue weighted by atomic mass is 32.2. The molecule has 0 aliphatic carbocycles. The molecule has 2 aromatic carbocycles. The fourth-order valence-electron chi connectivity index (χ4n) is 1.60. The van der Waals surface area contributed by atoms with Gasteiger partial charge in [-0.25, -0.2) is 13.2 Å². The van der Waals surface area contributed by atoms with Crippen LogP contribution in [0.25, 0.3) is 0 Å². The summed E-state index contributed by atoms with van der Waals surface area (Å²) in [4.78, 5) is 0.192. The third-order valence-electron chi connectivity index (χ3n) is 2.59. The van der Waals surface area contributed by atoms with Crippen LogP contribution in [-0.2, 0) is 16.7 Å². The zero-order valence-corrected chi connectivity index (χ0v) is 10.7. The van der Waals surface area contributed by atoms with Crippen molar-refractivity contribution in [1.82, 2.24) is 0 Å². The second kappa shape index (κ2) is 5.57. The molecule has 0 saturated carbocycles. The minimum atomic E-state index is -3.18. The van der Waals surface area contributed by atoms with Crippen molar-refractivity contribution in [2.24, 2.45) is 0 Å². The molecule has 0 radical (unpaired) electrons. The average Bonchev–Trinajstić information content (AvgIpc) is 2.40. The van der Waals surface area contributed by atoms with Crippen LogP contribution in [0.4, 0.5) is 13.2 Å². The molecule has 19 heavy (non-hydrogen) atoms. The Morgan fingerprint density at radius 1 is 0.947 bits per heavy atom. The van der Waals surface area contributed by atoms with Gasteiger partial charge in [0.1, 0.15) is 5.82 Å². The number of hydrogen-bond donors (Lipinski definition) is 0. The van der Waals surface area contributed by atoms with E-state index in [0.29, 0.717) is 0 Å². The molecule has 1 nitrogen and oxygen atoms in total. The average molecular weight is 284 g/mol. The quantitative estimate of drug-likeness (QED) is 0.836. The third kappa shape index (κ3) is 3.44. The van der Waals surface area contributed by atoms with Gasteiger partial charge in [0.25, 0.3) is 5.92 Å². The van der Waals surface area contributed by atoms with Gasteiger partial charge in [-0.05, 0) is 24.3 Å². The smallest absolute Gasteiger partial charge is 0.254 e. The molecule has 1 atom stereocenters. The maximum atomic E-state index is 13.9. The summed E-state index contributed by atoms with van der Waals surface area (Å²) in [6.45, 7) is 0. The SMILES string of the molecule is O=S(CC(F)(F)c1ccccc1)c1ccc(F)cc1. The highest BCUT2D eigenvalue weighted by Gasteiger charge is 2.34. The Bertz CT molecular complexity index is 567. The van der Waals surface area contributed by atoms with Crippen molar-refractivity contribution >= 4 is 10.8 Å². The van der Waals surface area contributed by atoms with Crippen LogP contribution in [0.15, 0.2) is 59.5 Å². The highest BCUT2D eigenvalue weighted by Crippen LogP contribution is 2.30. The summed E-state index contributed by atoms with van der Waals surface area (Å²) in [5, 5.41) is 0. The van der Waals surface area contributed by atoms with E-state index in [1.165, 1.54) is 36.4 Å². The molecule has 0 saturated heterocycles. The van der Waals surface area contributed by atoms with Gasteiger partial charge in [-0.15, -0.1) is 0 Å². The summed E-state index contributed by atoms with van der Waals surface area (Å²) in [6, 6.07) is 12.0. The molecule has 0 bridgehead atoms. The molecule has 0 amide bonds. The summed E-state index contributed by atoms with van der Waals surface area (Å²) in [5.41, 5.74) is -0.175. The van der Waals surface area contributed by atoms with Crippen LogP contribution in [-0.4, -0.2) is 9.96 Å². The lowest BCUT2D eigenvalue weighted by Crippen LogP contribution is -2.22. The minimum Gasteiger partial charge on any atom is -0.254 e. The molecule has 0 aromatic heterocycles. The van der Waals surface area contributed by atoms with E-state index < -0.39 is 28.3 Å². The van der Waals surface area contributed by atoms with Gasteiger partial charge in [-0.2, -0.15) is 0 Å². The molecule has 0 fully saturated rings. The lowest BCUT2D eigenvalue weighted by molar-refractivity contribution is 0.0222. The monoisotopic (exact) mass is 284 g/mol. The zero-order chi connectivity index (χ0) is 13.9. The molecule has 0 N–H and O–H groups in total. The van der Waals surface area contributed by atoms with Crippen LogP contribution < -0.4 is 0 Å². The first-order chi connectivity index (χ1) is 8.99. The minimum absolute atomic E-state index is 0.175. The van der Waals surface area contributed by atoms with E-state index in [1.54, 1.807) is 6.07 Å². The van der Waals surface area contributed by atoms with Gasteiger partial charge in [0.2, 0.25) is 0 Å². The van der Waals surface area contributed by atoms with E-state index >= 15 is 0 Å². The number of rotatable bonds is 4. The van der Waals surface area contributed by atoms with Gasteiger partial charge in [0.05, 0.1) is 16.6 Å². The van der Waals surface area contributed by atoms with Gasteiger partial charge in [0.15, 0.2) is 0 Å². The van der Waals surface area contributed by atoms with Crippen LogP contribution >= 0.6 is 0 Å². The Kier molecular flexibility index (Phi) is 4.04. The molecular formula is C14H11F3OS. The molecule has 0 aliphatic heterocycles. The van der Waals surface area contributed by atoms with Crippen molar-refractivity contribution in [3.63, 3.8) is 0 Å². The largest absolute Gasteiger partial charge is 0.284 e. The van der Waals surface area contributed by atoms with Crippen LogP contribution in [0.3, 0.4) is 0 Å². The number of halogens is 3. The van der Waals surface area contributed by atoms with Crippen molar-refractivity contribution in [3.8, 4) is 0 Å². The van der Waals surface area contributed by atoms with Crippen LogP contribution in [0.1, 0.15) is 5.56 Å². The van der Waals surface area contributed by atoms with E-state index in [2.05, 4.69) is 0 Å². The fraction of sp³-hybridized carbons (Fsp3) is 0.143. The van der Waals surface area contributed by atoms with Gasteiger partial charge in [-0.3, -0.25) is 4.21 Å². The Morgan fingerprint density at radius 2 is 1.53 bits per heavy atom. The molecule has 0 aliphatic rings. The fourth-order valence-corrected chi connectivity index (χ4v) is 2.70. The number of benzene rings is 2. The zero-order valence-electron chi connectivity index (χ0n) is 9.85. The molecule has 5 heteroatoms. The molecule has 0 heterocycles.